The molecule has 0 radical (unpaired) electrons. The van der Waals surface area contributed by atoms with Crippen LogP contribution in [0.15, 0.2) is 15.3 Å². The highest BCUT2D eigenvalue weighted by Crippen LogP contribution is 2.20. The summed E-state index contributed by atoms with van der Waals surface area (Å²) in [6.07, 6.45) is 0.742. The van der Waals surface area contributed by atoms with Crippen LogP contribution in [0.3, 0.4) is 0 Å². The molecule has 0 unspecified atom stereocenters. The van der Waals surface area contributed by atoms with Gasteiger partial charge in [-0.3, -0.25) is 4.79 Å². The van der Waals surface area contributed by atoms with E-state index in [4.69, 9.17) is 19.6 Å². The van der Waals surface area contributed by atoms with E-state index in [-0.39, 0.29) is 11.5 Å². The van der Waals surface area contributed by atoms with Crippen molar-refractivity contribution >= 4 is 11.6 Å². The van der Waals surface area contributed by atoms with Gasteiger partial charge in [0.25, 0.3) is 5.91 Å². The van der Waals surface area contributed by atoms with E-state index in [1.54, 1.807) is 7.11 Å². The maximum absolute atomic E-state index is 11.5. The lowest BCUT2D eigenvalue weighted by molar-refractivity contribution is 0.0968. The van der Waals surface area contributed by atoms with E-state index in [2.05, 4.69) is 5.32 Å². The van der Waals surface area contributed by atoms with Crippen molar-refractivity contribution in [3.63, 3.8) is 0 Å². The Morgan fingerprint density at radius 2 is 2.22 bits per heavy atom. The molecule has 1 amide bonds. The summed E-state index contributed by atoms with van der Waals surface area (Å²) >= 11 is 0. The second-order valence-corrected chi connectivity index (χ2v) is 3.48. The number of rotatable bonds is 7. The SMILES string of the molecule is COCCCNc1cc(C(N)=O)oc(=O)c1OC. The molecule has 0 atom stereocenters. The van der Waals surface area contributed by atoms with Crippen molar-refractivity contribution in [2.45, 2.75) is 6.42 Å². The molecule has 0 aliphatic carbocycles. The fourth-order valence-corrected chi connectivity index (χ4v) is 1.37. The highest BCUT2D eigenvalue weighted by Gasteiger charge is 2.14. The lowest BCUT2D eigenvalue weighted by atomic mass is 10.3. The van der Waals surface area contributed by atoms with Crippen LogP contribution >= 0.6 is 0 Å². The minimum atomic E-state index is -0.810. The first-order chi connectivity index (χ1) is 8.60. The average Bonchev–Trinajstić information content (AvgIpc) is 2.34. The second kappa shape index (κ2) is 6.65. The normalized spacial score (nSPS) is 10.1. The Balaban J connectivity index is 2.92. The molecule has 0 aromatic carbocycles. The number of nitrogens with two attached hydrogens (primary N) is 1. The Morgan fingerprint density at radius 1 is 1.50 bits per heavy atom. The van der Waals surface area contributed by atoms with Gasteiger partial charge >= 0.3 is 5.63 Å². The lowest BCUT2D eigenvalue weighted by Crippen LogP contribution is -2.17. The van der Waals surface area contributed by atoms with Crippen molar-refractivity contribution in [2.24, 2.45) is 5.73 Å². The van der Waals surface area contributed by atoms with Crippen molar-refractivity contribution in [3.8, 4) is 5.75 Å². The first kappa shape index (κ1) is 14.0. The molecule has 18 heavy (non-hydrogen) atoms. The third-order valence-corrected chi connectivity index (χ3v) is 2.20. The molecule has 1 aromatic rings. The number of amides is 1. The smallest absolute Gasteiger partial charge is 0.381 e. The average molecular weight is 256 g/mol. The molecule has 1 aromatic heterocycles. The topological polar surface area (TPSA) is 104 Å². The van der Waals surface area contributed by atoms with Crippen molar-refractivity contribution in [3.05, 3.63) is 22.2 Å². The first-order valence-corrected chi connectivity index (χ1v) is 5.35. The van der Waals surface area contributed by atoms with Gasteiger partial charge < -0.3 is 24.9 Å². The van der Waals surface area contributed by atoms with Crippen LogP contribution < -0.4 is 21.4 Å². The molecule has 3 N–H and O–H groups in total. The largest absolute Gasteiger partial charge is 0.488 e. The van der Waals surface area contributed by atoms with Crippen LogP contribution in [0.1, 0.15) is 17.0 Å². The monoisotopic (exact) mass is 256 g/mol. The molecule has 0 saturated heterocycles. The minimum absolute atomic E-state index is 0.0115. The summed E-state index contributed by atoms with van der Waals surface area (Å²) in [5.74, 6) is -1.01. The molecule has 1 heterocycles. The molecule has 100 valence electrons. The van der Waals surface area contributed by atoms with E-state index in [1.807, 2.05) is 0 Å². The molecule has 7 heteroatoms. The first-order valence-electron chi connectivity index (χ1n) is 5.35. The predicted octanol–water partition coefficient (Wildman–Crippen LogP) is 0.196. The Morgan fingerprint density at radius 3 is 2.78 bits per heavy atom. The Kier molecular flexibility index (Phi) is 5.19. The molecule has 0 saturated carbocycles. The highest BCUT2D eigenvalue weighted by molar-refractivity contribution is 5.91. The van der Waals surface area contributed by atoms with Gasteiger partial charge in [0.2, 0.25) is 5.75 Å². The molecule has 0 spiro atoms. The number of methoxy groups -OCH3 is 2. The number of anilines is 1. The highest BCUT2D eigenvalue weighted by atomic mass is 16.5. The third kappa shape index (κ3) is 3.49. The maximum Gasteiger partial charge on any atom is 0.381 e. The van der Waals surface area contributed by atoms with Gasteiger partial charge in [0.1, 0.15) is 0 Å². The summed E-state index contributed by atoms with van der Waals surface area (Å²) in [7, 11) is 2.94. The molecular weight excluding hydrogens is 240 g/mol. The number of hydrogen-bond acceptors (Lipinski definition) is 6. The summed E-state index contributed by atoms with van der Waals surface area (Å²) in [4.78, 5) is 22.5. The van der Waals surface area contributed by atoms with E-state index in [9.17, 15) is 9.59 Å². The number of carbonyl (C=O) groups is 1. The molecule has 0 aliphatic rings. The Hall–Kier alpha value is -2.02. The van der Waals surface area contributed by atoms with Crippen molar-refractivity contribution in [2.75, 3.05) is 32.7 Å². The fourth-order valence-electron chi connectivity index (χ4n) is 1.37. The van der Waals surface area contributed by atoms with E-state index >= 15 is 0 Å². The fraction of sp³-hybridized carbons (Fsp3) is 0.455. The van der Waals surface area contributed by atoms with Crippen LogP contribution in [-0.4, -0.2) is 33.3 Å². The van der Waals surface area contributed by atoms with Gasteiger partial charge in [-0.15, -0.1) is 0 Å². The summed E-state index contributed by atoms with van der Waals surface area (Å²) in [5.41, 5.74) is 4.69. The van der Waals surface area contributed by atoms with Gasteiger partial charge in [-0.05, 0) is 6.42 Å². The number of carbonyl (C=O) groups excluding carboxylic acids is 1. The van der Waals surface area contributed by atoms with Crippen LogP contribution in [0.5, 0.6) is 5.75 Å². The summed E-state index contributed by atoms with van der Waals surface area (Å²) in [6.45, 7) is 1.14. The van der Waals surface area contributed by atoms with Crippen LogP contribution in [0, 0.1) is 0 Å². The van der Waals surface area contributed by atoms with Gasteiger partial charge in [-0.2, -0.15) is 0 Å². The molecule has 7 nitrogen and oxygen atoms in total. The number of ether oxygens (including phenoxy) is 2. The second-order valence-electron chi connectivity index (χ2n) is 3.48. The number of hydrogen-bond donors (Lipinski definition) is 2. The molecule has 0 aliphatic heterocycles. The van der Waals surface area contributed by atoms with Crippen LogP contribution in [0.25, 0.3) is 0 Å². The number of primary amides is 1. The number of nitrogens with one attached hydrogen (secondary N) is 1. The van der Waals surface area contributed by atoms with Gasteiger partial charge in [-0.25, -0.2) is 4.79 Å². The van der Waals surface area contributed by atoms with E-state index in [1.165, 1.54) is 13.2 Å². The van der Waals surface area contributed by atoms with E-state index < -0.39 is 11.5 Å². The van der Waals surface area contributed by atoms with Gasteiger partial charge in [0, 0.05) is 26.3 Å². The van der Waals surface area contributed by atoms with Crippen molar-refractivity contribution in [1.82, 2.24) is 0 Å². The standard InChI is InChI=1S/C11H16N2O5/c1-16-5-3-4-13-7-6-8(10(12)14)18-11(15)9(7)17-2/h6,13H,3-5H2,1-2H3,(H2,12,14). The van der Waals surface area contributed by atoms with Crippen molar-refractivity contribution in [1.29, 1.82) is 0 Å². The van der Waals surface area contributed by atoms with E-state index in [0.717, 1.165) is 6.42 Å². The van der Waals surface area contributed by atoms with Crippen LogP contribution in [0.4, 0.5) is 5.69 Å². The van der Waals surface area contributed by atoms with Gasteiger partial charge in [0.05, 0.1) is 12.8 Å². The lowest BCUT2D eigenvalue weighted by Gasteiger charge is -2.10. The minimum Gasteiger partial charge on any atom is -0.488 e. The van der Waals surface area contributed by atoms with Gasteiger partial charge in [0.15, 0.2) is 5.76 Å². The van der Waals surface area contributed by atoms with Gasteiger partial charge in [-0.1, -0.05) is 0 Å². The maximum atomic E-state index is 11.5. The molecule has 0 fully saturated rings. The summed E-state index contributed by atoms with van der Waals surface area (Å²) in [6, 6.07) is 1.34. The van der Waals surface area contributed by atoms with Crippen molar-refractivity contribution < 1.29 is 18.7 Å². The summed E-state index contributed by atoms with van der Waals surface area (Å²) < 4.78 is 14.5. The molecule has 1 rings (SSSR count). The van der Waals surface area contributed by atoms with Crippen LogP contribution in [0.2, 0.25) is 0 Å². The van der Waals surface area contributed by atoms with E-state index in [0.29, 0.717) is 18.8 Å². The summed E-state index contributed by atoms with van der Waals surface area (Å²) in [5, 5.41) is 2.96. The Bertz CT molecular complexity index is 469. The molecular formula is C11H16N2O5. The molecule has 0 bridgehead atoms. The predicted molar refractivity (Wildman–Crippen MR) is 65.0 cm³/mol. The van der Waals surface area contributed by atoms with Crippen LogP contribution in [-0.2, 0) is 4.74 Å². The zero-order valence-electron chi connectivity index (χ0n) is 10.3. The third-order valence-electron chi connectivity index (χ3n) is 2.20. The zero-order chi connectivity index (χ0) is 13.5. The zero-order valence-corrected chi connectivity index (χ0v) is 10.3. The quantitative estimate of drug-likeness (QED) is 0.675. The Labute approximate surface area is 104 Å².